The fourth-order valence-electron chi connectivity index (χ4n) is 1.36. The summed E-state index contributed by atoms with van der Waals surface area (Å²) in [7, 11) is 0. The van der Waals surface area contributed by atoms with Crippen LogP contribution in [0.5, 0.6) is 0 Å². The fraction of sp³-hybridized carbons (Fsp3) is 0.222. The van der Waals surface area contributed by atoms with E-state index in [1.165, 1.54) is 6.33 Å². The van der Waals surface area contributed by atoms with Crippen LogP contribution < -0.4 is 5.73 Å². The van der Waals surface area contributed by atoms with Crippen LogP contribution in [-0.2, 0) is 0 Å². The highest BCUT2D eigenvalue weighted by molar-refractivity contribution is 5.15. The van der Waals surface area contributed by atoms with Crippen LogP contribution in [0.15, 0.2) is 37.2 Å². The van der Waals surface area contributed by atoms with E-state index in [4.69, 9.17) is 5.73 Å². The zero-order valence-corrected chi connectivity index (χ0v) is 7.61. The molecule has 2 rings (SSSR count). The zero-order chi connectivity index (χ0) is 9.80. The van der Waals surface area contributed by atoms with E-state index >= 15 is 0 Å². The van der Waals surface area contributed by atoms with Gasteiger partial charge in [0.05, 0.1) is 6.04 Å². The number of rotatable bonds is 3. The van der Waals surface area contributed by atoms with Crippen LogP contribution in [0.1, 0.15) is 11.6 Å². The molecule has 2 aromatic heterocycles. The minimum absolute atomic E-state index is 0.0421. The van der Waals surface area contributed by atoms with E-state index in [2.05, 4.69) is 15.1 Å². The van der Waals surface area contributed by atoms with Crippen molar-refractivity contribution >= 4 is 0 Å². The summed E-state index contributed by atoms with van der Waals surface area (Å²) in [5.41, 5.74) is 6.78. The maximum Gasteiger partial charge on any atom is 0.137 e. The summed E-state index contributed by atoms with van der Waals surface area (Å²) in [5, 5.41) is 4.07. The maximum atomic E-state index is 5.69. The van der Waals surface area contributed by atoms with Crippen LogP contribution in [0.3, 0.4) is 0 Å². The first-order chi connectivity index (χ1) is 6.92. The number of nitrogens with zero attached hydrogens (tertiary/aromatic N) is 4. The van der Waals surface area contributed by atoms with Crippen LogP contribution in [0.2, 0.25) is 0 Å². The molecule has 14 heavy (non-hydrogen) atoms. The van der Waals surface area contributed by atoms with Crippen molar-refractivity contribution in [3.63, 3.8) is 0 Å². The Bertz CT molecular complexity index is 369. The Morgan fingerprint density at radius 3 is 2.64 bits per heavy atom. The van der Waals surface area contributed by atoms with Gasteiger partial charge in [0.25, 0.3) is 0 Å². The lowest BCUT2D eigenvalue weighted by Gasteiger charge is -2.14. The van der Waals surface area contributed by atoms with Crippen molar-refractivity contribution in [1.82, 2.24) is 19.7 Å². The van der Waals surface area contributed by atoms with Gasteiger partial charge in [-0.15, -0.1) is 0 Å². The van der Waals surface area contributed by atoms with Gasteiger partial charge in [-0.1, -0.05) is 0 Å². The monoisotopic (exact) mass is 189 g/mol. The van der Waals surface area contributed by atoms with Crippen molar-refractivity contribution in [1.29, 1.82) is 0 Å². The van der Waals surface area contributed by atoms with Gasteiger partial charge in [-0.05, 0) is 17.7 Å². The average molecular weight is 189 g/mol. The Balaban J connectivity index is 2.31. The highest BCUT2D eigenvalue weighted by Gasteiger charge is 2.11. The van der Waals surface area contributed by atoms with Crippen molar-refractivity contribution in [3.8, 4) is 0 Å². The minimum Gasteiger partial charge on any atom is -0.328 e. The molecule has 5 nitrogen and oxygen atoms in total. The van der Waals surface area contributed by atoms with E-state index < -0.39 is 0 Å². The van der Waals surface area contributed by atoms with Crippen LogP contribution in [0.4, 0.5) is 0 Å². The highest BCUT2D eigenvalue weighted by Crippen LogP contribution is 2.13. The lowest BCUT2D eigenvalue weighted by molar-refractivity contribution is 0.530. The zero-order valence-electron chi connectivity index (χ0n) is 7.61. The quantitative estimate of drug-likeness (QED) is 0.750. The first kappa shape index (κ1) is 8.83. The summed E-state index contributed by atoms with van der Waals surface area (Å²) in [6.07, 6.45) is 6.66. The largest absolute Gasteiger partial charge is 0.328 e. The van der Waals surface area contributed by atoms with E-state index in [0.717, 1.165) is 5.56 Å². The summed E-state index contributed by atoms with van der Waals surface area (Å²) in [4.78, 5) is 7.85. The Kier molecular flexibility index (Phi) is 2.51. The molecule has 2 N–H and O–H groups in total. The first-order valence-electron chi connectivity index (χ1n) is 4.36. The van der Waals surface area contributed by atoms with E-state index in [1.54, 1.807) is 23.4 Å². The van der Waals surface area contributed by atoms with E-state index in [9.17, 15) is 0 Å². The molecule has 5 heteroatoms. The molecule has 0 saturated heterocycles. The van der Waals surface area contributed by atoms with E-state index in [0.29, 0.717) is 6.54 Å². The maximum absolute atomic E-state index is 5.69. The first-order valence-corrected chi connectivity index (χ1v) is 4.36. The van der Waals surface area contributed by atoms with Crippen LogP contribution in [0, 0.1) is 0 Å². The molecule has 0 bridgehead atoms. The number of hydrogen-bond donors (Lipinski definition) is 1. The third-order valence-electron chi connectivity index (χ3n) is 2.07. The van der Waals surface area contributed by atoms with Crippen molar-refractivity contribution in [2.45, 2.75) is 6.04 Å². The van der Waals surface area contributed by atoms with E-state index in [1.807, 2.05) is 12.1 Å². The summed E-state index contributed by atoms with van der Waals surface area (Å²) in [5.74, 6) is 0. The minimum atomic E-state index is 0.0421. The molecule has 1 unspecified atom stereocenters. The van der Waals surface area contributed by atoms with Crippen molar-refractivity contribution in [3.05, 3.63) is 42.7 Å². The molecule has 0 fully saturated rings. The second-order valence-corrected chi connectivity index (χ2v) is 2.91. The number of nitrogens with two attached hydrogens (primary N) is 1. The molecule has 1 atom stereocenters. The molecule has 72 valence electrons. The lowest BCUT2D eigenvalue weighted by Crippen LogP contribution is -2.20. The van der Waals surface area contributed by atoms with Gasteiger partial charge < -0.3 is 5.73 Å². The van der Waals surface area contributed by atoms with Gasteiger partial charge in [-0.2, -0.15) is 5.10 Å². The topological polar surface area (TPSA) is 69.6 Å². The van der Waals surface area contributed by atoms with Gasteiger partial charge in [0.1, 0.15) is 12.7 Å². The predicted octanol–water partition coefficient (Wildman–Crippen LogP) is 0.221. The Morgan fingerprint density at radius 1 is 1.29 bits per heavy atom. The summed E-state index contributed by atoms with van der Waals surface area (Å²) in [6.45, 7) is 0.493. The molecule has 0 aromatic carbocycles. The Labute approximate surface area is 81.6 Å². The highest BCUT2D eigenvalue weighted by atomic mass is 15.3. The number of pyridine rings is 1. The average Bonchev–Trinajstić information content (AvgIpc) is 2.74. The molecular weight excluding hydrogens is 178 g/mol. The summed E-state index contributed by atoms with van der Waals surface area (Å²) >= 11 is 0. The second-order valence-electron chi connectivity index (χ2n) is 2.91. The summed E-state index contributed by atoms with van der Waals surface area (Å²) in [6, 6.07) is 3.90. The van der Waals surface area contributed by atoms with Crippen LogP contribution in [-0.4, -0.2) is 26.3 Å². The molecule has 0 aliphatic rings. The predicted molar refractivity (Wildman–Crippen MR) is 51.5 cm³/mol. The normalized spacial score (nSPS) is 12.6. The molecule has 0 saturated carbocycles. The standard InChI is InChI=1S/C9H11N5/c10-5-9(14-7-12-6-13-14)8-1-3-11-4-2-8/h1-4,6-7,9H,5,10H2. The van der Waals surface area contributed by atoms with E-state index in [-0.39, 0.29) is 6.04 Å². The van der Waals surface area contributed by atoms with Crippen LogP contribution >= 0.6 is 0 Å². The molecular formula is C9H11N5. The smallest absolute Gasteiger partial charge is 0.137 e. The lowest BCUT2D eigenvalue weighted by atomic mass is 10.1. The van der Waals surface area contributed by atoms with Gasteiger partial charge in [0, 0.05) is 18.9 Å². The van der Waals surface area contributed by atoms with Gasteiger partial charge >= 0.3 is 0 Å². The third kappa shape index (κ3) is 1.62. The Morgan fingerprint density at radius 2 is 2.07 bits per heavy atom. The third-order valence-corrected chi connectivity index (χ3v) is 2.07. The van der Waals surface area contributed by atoms with Crippen molar-refractivity contribution in [2.24, 2.45) is 5.73 Å². The molecule has 2 aromatic rings. The van der Waals surface area contributed by atoms with Crippen molar-refractivity contribution < 1.29 is 0 Å². The molecule has 2 heterocycles. The second kappa shape index (κ2) is 3.97. The molecule has 0 aliphatic carbocycles. The van der Waals surface area contributed by atoms with Crippen LogP contribution in [0.25, 0.3) is 0 Å². The molecule has 0 spiro atoms. The van der Waals surface area contributed by atoms with Gasteiger partial charge in [0.2, 0.25) is 0 Å². The van der Waals surface area contributed by atoms with Gasteiger partial charge in [-0.25, -0.2) is 9.67 Å². The summed E-state index contributed by atoms with van der Waals surface area (Å²) < 4.78 is 1.75. The number of hydrogen-bond acceptors (Lipinski definition) is 4. The number of aromatic nitrogens is 4. The van der Waals surface area contributed by atoms with Gasteiger partial charge in [-0.3, -0.25) is 4.98 Å². The van der Waals surface area contributed by atoms with Crippen molar-refractivity contribution in [2.75, 3.05) is 6.54 Å². The molecule has 0 amide bonds. The molecule has 0 radical (unpaired) electrons. The van der Waals surface area contributed by atoms with Gasteiger partial charge in [0.15, 0.2) is 0 Å². The fourth-order valence-corrected chi connectivity index (χ4v) is 1.36. The Hall–Kier alpha value is -1.75. The SMILES string of the molecule is NCC(c1ccncc1)n1cncn1. The molecule has 0 aliphatic heterocycles.